The highest BCUT2D eigenvalue weighted by atomic mass is 127. The molecule has 3 nitrogen and oxygen atoms in total. The molecular formula is C20H12ClIN2OS. The molecule has 1 heterocycles. The lowest BCUT2D eigenvalue weighted by molar-refractivity contribution is 0.102. The molecule has 128 valence electrons. The highest BCUT2D eigenvalue weighted by Gasteiger charge is 2.15. The highest BCUT2D eigenvalue weighted by molar-refractivity contribution is 14.1. The molecule has 0 fully saturated rings. The van der Waals surface area contributed by atoms with Gasteiger partial charge in [0.1, 0.15) is 5.01 Å². The molecule has 1 aromatic heterocycles. The van der Waals surface area contributed by atoms with Gasteiger partial charge >= 0.3 is 0 Å². The molecule has 0 saturated carbocycles. The molecule has 0 spiro atoms. The molecular weight excluding hydrogens is 479 g/mol. The van der Waals surface area contributed by atoms with E-state index in [0.717, 1.165) is 24.4 Å². The lowest BCUT2D eigenvalue weighted by Crippen LogP contribution is -2.14. The van der Waals surface area contributed by atoms with Gasteiger partial charge in [0.25, 0.3) is 5.91 Å². The fraction of sp³-hybridized carbons (Fsp3) is 0. The average Bonchev–Trinajstić information content (AvgIpc) is 3.06. The first-order valence-corrected chi connectivity index (χ1v) is 10.1. The van der Waals surface area contributed by atoms with Crippen LogP contribution in [0.25, 0.3) is 20.8 Å². The molecule has 4 rings (SSSR count). The molecule has 4 aromatic rings. The normalized spacial score (nSPS) is 10.8. The fourth-order valence-corrected chi connectivity index (χ4v) is 4.76. The van der Waals surface area contributed by atoms with E-state index in [1.807, 2.05) is 54.6 Å². The molecule has 3 aromatic carbocycles. The zero-order chi connectivity index (χ0) is 18.1. The van der Waals surface area contributed by atoms with Gasteiger partial charge in [0.15, 0.2) is 0 Å². The number of carbonyl (C=O) groups is 1. The van der Waals surface area contributed by atoms with Crippen LogP contribution in [0.3, 0.4) is 0 Å². The number of nitrogens with one attached hydrogen (secondary N) is 1. The predicted octanol–water partition coefficient (Wildman–Crippen LogP) is 6.47. The number of rotatable bonds is 3. The molecule has 6 heteroatoms. The third-order valence-corrected chi connectivity index (χ3v) is 6.15. The summed E-state index contributed by atoms with van der Waals surface area (Å²) >= 11 is 9.94. The van der Waals surface area contributed by atoms with Crippen LogP contribution in [0.1, 0.15) is 10.4 Å². The lowest BCUT2D eigenvalue weighted by Gasteiger charge is -2.09. The van der Waals surface area contributed by atoms with Gasteiger partial charge in [0, 0.05) is 14.8 Å². The van der Waals surface area contributed by atoms with E-state index >= 15 is 0 Å². The van der Waals surface area contributed by atoms with Crippen molar-refractivity contribution in [3.63, 3.8) is 0 Å². The summed E-state index contributed by atoms with van der Waals surface area (Å²) in [4.78, 5) is 17.3. The minimum Gasteiger partial charge on any atom is -0.322 e. The van der Waals surface area contributed by atoms with Crippen molar-refractivity contribution in [2.45, 2.75) is 0 Å². The minimum atomic E-state index is -0.221. The number of fused-ring (bicyclic) bond motifs is 1. The molecule has 0 saturated heterocycles. The summed E-state index contributed by atoms with van der Waals surface area (Å²) in [6.07, 6.45) is 0. The summed E-state index contributed by atoms with van der Waals surface area (Å²) in [7, 11) is 0. The third-order valence-electron chi connectivity index (χ3n) is 3.85. The zero-order valence-corrected chi connectivity index (χ0v) is 17.1. The first kappa shape index (κ1) is 17.5. The van der Waals surface area contributed by atoms with Crippen molar-refractivity contribution in [2.24, 2.45) is 0 Å². The molecule has 0 atom stereocenters. The van der Waals surface area contributed by atoms with E-state index in [1.54, 1.807) is 17.4 Å². The third kappa shape index (κ3) is 3.47. The van der Waals surface area contributed by atoms with Gasteiger partial charge in [0.05, 0.1) is 20.8 Å². The summed E-state index contributed by atoms with van der Waals surface area (Å²) in [5.74, 6) is -0.221. The first-order chi connectivity index (χ1) is 12.6. The quantitative estimate of drug-likeness (QED) is 0.334. The van der Waals surface area contributed by atoms with Crippen LogP contribution >= 0.6 is 45.5 Å². The average molecular weight is 491 g/mol. The van der Waals surface area contributed by atoms with Gasteiger partial charge in [-0.05, 0) is 59.0 Å². The van der Waals surface area contributed by atoms with Gasteiger partial charge in [-0.1, -0.05) is 41.9 Å². The second kappa shape index (κ2) is 7.34. The van der Waals surface area contributed by atoms with Gasteiger partial charge in [0.2, 0.25) is 0 Å². The summed E-state index contributed by atoms with van der Waals surface area (Å²) in [5.41, 5.74) is 3.15. The Morgan fingerprint density at radius 1 is 1.04 bits per heavy atom. The van der Waals surface area contributed by atoms with Crippen LogP contribution in [0.4, 0.5) is 5.69 Å². The van der Waals surface area contributed by atoms with E-state index < -0.39 is 0 Å². The maximum atomic E-state index is 12.6. The number of hydrogen-bond acceptors (Lipinski definition) is 3. The number of anilines is 1. The second-order valence-corrected chi connectivity index (χ2v) is 8.22. The lowest BCUT2D eigenvalue weighted by atomic mass is 10.1. The largest absolute Gasteiger partial charge is 0.322 e. The number of aromatic nitrogens is 1. The van der Waals surface area contributed by atoms with Crippen molar-refractivity contribution in [1.29, 1.82) is 0 Å². The van der Waals surface area contributed by atoms with Crippen molar-refractivity contribution in [3.8, 4) is 10.6 Å². The van der Waals surface area contributed by atoms with E-state index in [0.29, 0.717) is 16.3 Å². The van der Waals surface area contributed by atoms with Crippen molar-refractivity contribution in [2.75, 3.05) is 5.32 Å². The Balaban J connectivity index is 1.64. The molecule has 0 radical (unpaired) electrons. The number of thiazole rings is 1. The molecule has 1 amide bonds. The summed E-state index contributed by atoms with van der Waals surface area (Å²) in [6.45, 7) is 0. The highest BCUT2D eigenvalue weighted by Crippen LogP contribution is 2.31. The Hall–Kier alpha value is -1.96. The monoisotopic (exact) mass is 490 g/mol. The van der Waals surface area contributed by atoms with Crippen LogP contribution < -0.4 is 5.32 Å². The van der Waals surface area contributed by atoms with Crippen molar-refractivity contribution in [1.82, 2.24) is 4.98 Å². The molecule has 1 N–H and O–H groups in total. The van der Waals surface area contributed by atoms with Crippen LogP contribution in [0.2, 0.25) is 5.02 Å². The minimum absolute atomic E-state index is 0.221. The SMILES string of the molecule is O=C(Nc1cccc(-c2nc3ccccc3s2)c1)c1c(Cl)cccc1I. The van der Waals surface area contributed by atoms with Gasteiger partial charge in [-0.3, -0.25) is 4.79 Å². The van der Waals surface area contributed by atoms with Crippen molar-refractivity contribution >= 4 is 67.3 Å². The Bertz CT molecular complexity index is 1070. The summed E-state index contributed by atoms with van der Waals surface area (Å²) in [6, 6.07) is 21.1. The summed E-state index contributed by atoms with van der Waals surface area (Å²) in [5, 5.41) is 4.30. The van der Waals surface area contributed by atoms with Crippen molar-refractivity contribution in [3.05, 3.63) is 80.9 Å². The van der Waals surface area contributed by atoms with Gasteiger partial charge in [-0.15, -0.1) is 11.3 Å². The zero-order valence-electron chi connectivity index (χ0n) is 13.4. The second-order valence-electron chi connectivity index (χ2n) is 5.62. The van der Waals surface area contributed by atoms with E-state index in [1.165, 1.54) is 0 Å². The van der Waals surface area contributed by atoms with E-state index in [2.05, 4.69) is 39.0 Å². The number of benzene rings is 3. The van der Waals surface area contributed by atoms with Crippen LogP contribution in [-0.2, 0) is 0 Å². The standard InChI is InChI=1S/C20H12ClIN2OS/c21-14-7-4-8-15(22)18(14)19(25)23-13-6-3-5-12(11-13)20-24-16-9-1-2-10-17(16)26-20/h1-11H,(H,23,25). The molecule has 0 bridgehead atoms. The predicted molar refractivity (Wildman–Crippen MR) is 117 cm³/mol. The van der Waals surface area contributed by atoms with Gasteiger partial charge < -0.3 is 5.32 Å². The molecule has 0 unspecified atom stereocenters. The number of nitrogens with zero attached hydrogens (tertiary/aromatic N) is 1. The van der Waals surface area contributed by atoms with Gasteiger partial charge in [-0.25, -0.2) is 4.98 Å². The number of hydrogen-bond donors (Lipinski definition) is 1. The molecule has 0 aliphatic rings. The maximum absolute atomic E-state index is 12.6. The Labute approximate surface area is 173 Å². The van der Waals surface area contributed by atoms with Crippen molar-refractivity contribution < 1.29 is 4.79 Å². The first-order valence-electron chi connectivity index (χ1n) is 7.83. The van der Waals surface area contributed by atoms with E-state index in [9.17, 15) is 4.79 Å². The number of para-hydroxylation sites is 1. The fourth-order valence-electron chi connectivity index (χ4n) is 2.63. The Morgan fingerprint density at radius 3 is 2.65 bits per heavy atom. The van der Waals surface area contributed by atoms with Gasteiger partial charge in [-0.2, -0.15) is 0 Å². The van der Waals surface area contributed by atoms with E-state index in [4.69, 9.17) is 11.6 Å². The molecule has 0 aliphatic heterocycles. The molecule has 0 aliphatic carbocycles. The van der Waals surface area contributed by atoms with Crippen LogP contribution in [0.15, 0.2) is 66.7 Å². The Kier molecular flexibility index (Phi) is 4.93. The topological polar surface area (TPSA) is 42.0 Å². The maximum Gasteiger partial charge on any atom is 0.258 e. The number of halogens is 2. The number of amides is 1. The summed E-state index contributed by atoms with van der Waals surface area (Å²) < 4.78 is 1.96. The van der Waals surface area contributed by atoms with Crippen LogP contribution in [-0.4, -0.2) is 10.9 Å². The Morgan fingerprint density at radius 2 is 1.85 bits per heavy atom. The molecule has 26 heavy (non-hydrogen) atoms. The number of carbonyl (C=O) groups excluding carboxylic acids is 1. The van der Waals surface area contributed by atoms with Crippen LogP contribution in [0.5, 0.6) is 0 Å². The van der Waals surface area contributed by atoms with Crippen LogP contribution in [0, 0.1) is 3.57 Å². The smallest absolute Gasteiger partial charge is 0.258 e. The van der Waals surface area contributed by atoms with E-state index in [-0.39, 0.29) is 5.91 Å².